The van der Waals surface area contributed by atoms with Crippen LogP contribution in [0.5, 0.6) is 0 Å². The fourth-order valence-corrected chi connectivity index (χ4v) is 2.07. The number of aryl methyl sites for hydroxylation is 1. The van der Waals surface area contributed by atoms with E-state index in [0.717, 1.165) is 11.1 Å². The van der Waals surface area contributed by atoms with Gasteiger partial charge in [-0.1, -0.05) is 29.8 Å². The number of halogens is 1. The zero-order valence-corrected chi connectivity index (χ0v) is 12.2. The van der Waals surface area contributed by atoms with Crippen LogP contribution in [0.15, 0.2) is 24.3 Å². The second-order valence-electron chi connectivity index (χ2n) is 4.94. The molecular weight excluding hydrogens is 278 g/mol. The van der Waals surface area contributed by atoms with Crippen LogP contribution in [0.3, 0.4) is 0 Å². The average molecular weight is 298 g/mol. The summed E-state index contributed by atoms with van der Waals surface area (Å²) in [5.41, 5.74) is 7.86. The number of nitrogens with one attached hydrogen (secondary N) is 2. The van der Waals surface area contributed by atoms with E-state index in [0.29, 0.717) is 19.4 Å². The number of carbonyl (C=O) groups excluding carboxylic acids is 2. The van der Waals surface area contributed by atoms with Gasteiger partial charge in [-0.25, -0.2) is 0 Å². The number of hydrogen-bond donors (Lipinski definition) is 3. The van der Waals surface area contributed by atoms with Crippen molar-refractivity contribution in [1.82, 2.24) is 10.6 Å². The number of benzene rings is 1. The predicted molar refractivity (Wildman–Crippen MR) is 79.5 cm³/mol. The van der Waals surface area contributed by atoms with Crippen molar-refractivity contribution in [3.8, 4) is 0 Å². The van der Waals surface area contributed by atoms with E-state index in [-0.39, 0.29) is 30.3 Å². The first-order valence-corrected chi connectivity index (χ1v) is 6.45. The highest BCUT2D eigenvalue weighted by molar-refractivity contribution is 5.85. The minimum Gasteiger partial charge on any atom is -0.354 e. The highest BCUT2D eigenvalue weighted by Gasteiger charge is 2.23. The maximum atomic E-state index is 12.0. The Morgan fingerprint density at radius 2 is 2.05 bits per heavy atom. The molecule has 0 aromatic heterocycles. The summed E-state index contributed by atoms with van der Waals surface area (Å²) in [6.07, 6.45) is 1.11. The van der Waals surface area contributed by atoms with Crippen molar-refractivity contribution in [2.75, 3.05) is 6.54 Å². The smallest absolute Gasteiger partial charge is 0.241 e. The molecular formula is C14H20ClN3O2. The third kappa shape index (κ3) is 4.21. The number of rotatable bonds is 3. The third-order valence-corrected chi connectivity index (χ3v) is 3.33. The van der Waals surface area contributed by atoms with Gasteiger partial charge in [-0.2, -0.15) is 0 Å². The largest absolute Gasteiger partial charge is 0.354 e. The van der Waals surface area contributed by atoms with Gasteiger partial charge < -0.3 is 16.4 Å². The Kier molecular flexibility index (Phi) is 5.98. The normalized spacial score (nSPS) is 19.5. The SMILES string of the molecule is Cc1ccc(C(N)C(=O)NC2CCC(=O)NC2)cc1.Cl. The molecule has 0 radical (unpaired) electrons. The topological polar surface area (TPSA) is 84.2 Å². The van der Waals surface area contributed by atoms with Gasteiger partial charge in [-0.15, -0.1) is 12.4 Å². The highest BCUT2D eigenvalue weighted by Crippen LogP contribution is 2.12. The summed E-state index contributed by atoms with van der Waals surface area (Å²) in [4.78, 5) is 23.1. The van der Waals surface area contributed by atoms with E-state index in [2.05, 4.69) is 10.6 Å². The lowest BCUT2D eigenvalue weighted by Gasteiger charge is -2.25. The lowest BCUT2D eigenvalue weighted by molar-refractivity contribution is -0.126. The second-order valence-corrected chi connectivity index (χ2v) is 4.94. The van der Waals surface area contributed by atoms with Gasteiger partial charge in [0.1, 0.15) is 6.04 Å². The van der Waals surface area contributed by atoms with E-state index in [1.807, 2.05) is 31.2 Å². The van der Waals surface area contributed by atoms with Crippen LogP contribution in [0.1, 0.15) is 30.0 Å². The fourth-order valence-electron chi connectivity index (χ4n) is 2.07. The molecule has 0 bridgehead atoms. The van der Waals surface area contributed by atoms with Gasteiger partial charge in [0.2, 0.25) is 11.8 Å². The first-order chi connectivity index (χ1) is 9.06. The molecule has 110 valence electrons. The van der Waals surface area contributed by atoms with Gasteiger partial charge in [0.15, 0.2) is 0 Å². The summed E-state index contributed by atoms with van der Waals surface area (Å²) in [6, 6.07) is 6.90. The number of amides is 2. The second kappa shape index (κ2) is 7.26. The Labute approximate surface area is 124 Å². The number of carbonyl (C=O) groups is 2. The van der Waals surface area contributed by atoms with E-state index in [4.69, 9.17) is 5.73 Å². The van der Waals surface area contributed by atoms with Crippen LogP contribution in [0.2, 0.25) is 0 Å². The number of piperidine rings is 1. The molecule has 2 unspecified atom stereocenters. The Hall–Kier alpha value is -1.59. The van der Waals surface area contributed by atoms with Crippen molar-refractivity contribution < 1.29 is 9.59 Å². The lowest BCUT2D eigenvalue weighted by atomic mass is 10.0. The van der Waals surface area contributed by atoms with Gasteiger partial charge in [-0.05, 0) is 18.9 Å². The molecule has 4 N–H and O–H groups in total. The summed E-state index contributed by atoms with van der Waals surface area (Å²) >= 11 is 0. The number of hydrogen-bond acceptors (Lipinski definition) is 3. The van der Waals surface area contributed by atoms with E-state index in [1.165, 1.54) is 0 Å². The van der Waals surface area contributed by atoms with E-state index >= 15 is 0 Å². The molecule has 6 heteroatoms. The van der Waals surface area contributed by atoms with E-state index < -0.39 is 6.04 Å². The molecule has 0 saturated carbocycles. The van der Waals surface area contributed by atoms with Gasteiger partial charge in [0.25, 0.3) is 0 Å². The van der Waals surface area contributed by atoms with Crippen LogP contribution in [0.25, 0.3) is 0 Å². The Morgan fingerprint density at radius 3 is 2.60 bits per heavy atom. The Balaban J connectivity index is 0.00000200. The molecule has 1 fully saturated rings. The van der Waals surface area contributed by atoms with Crippen molar-refractivity contribution in [2.45, 2.75) is 31.8 Å². The summed E-state index contributed by atoms with van der Waals surface area (Å²) in [5, 5.41) is 5.60. The molecule has 1 heterocycles. The van der Waals surface area contributed by atoms with Crippen LogP contribution in [-0.4, -0.2) is 24.4 Å². The standard InChI is InChI=1S/C14H19N3O2.ClH/c1-9-2-4-10(5-3-9)13(15)14(19)17-11-6-7-12(18)16-8-11;/h2-5,11,13H,6-8,15H2,1H3,(H,16,18)(H,17,19);1H. The first-order valence-electron chi connectivity index (χ1n) is 6.45. The number of nitrogens with two attached hydrogens (primary N) is 1. The van der Waals surface area contributed by atoms with Gasteiger partial charge in [0.05, 0.1) is 0 Å². The zero-order valence-electron chi connectivity index (χ0n) is 11.4. The molecule has 0 spiro atoms. The van der Waals surface area contributed by atoms with Crippen molar-refractivity contribution >= 4 is 24.2 Å². The molecule has 1 saturated heterocycles. The predicted octanol–water partition coefficient (Wildman–Crippen LogP) is 0.811. The van der Waals surface area contributed by atoms with Crippen LogP contribution >= 0.6 is 12.4 Å². The van der Waals surface area contributed by atoms with E-state index in [1.54, 1.807) is 0 Å². The molecule has 1 aromatic rings. The van der Waals surface area contributed by atoms with Crippen LogP contribution in [0.4, 0.5) is 0 Å². The molecule has 2 atom stereocenters. The van der Waals surface area contributed by atoms with Crippen LogP contribution < -0.4 is 16.4 Å². The summed E-state index contributed by atoms with van der Waals surface area (Å²) in [5.74, 6) is -0.168. The average Bonchev–Trinajstić information content (AvgIpc) is 2.41. The lowest BCUT2D eigenvalue weighted by Crippen LogP contribution is -2.49. The molecule has 2 amide bonds. The molecule has 5 nitrogen and oxygen atoms in total. The molecule has 1 aromatic carbocycles. The maximum Gasteiger partial charge on any atom is 0.241 e. The molecule has 1 aliphatic rings. The van der Waals surface area contributed by atoms with Gasteiger partial charge >= 0.3 is 0 Å². The van der Waals surface area contributed by atoms with Crippen LogP contribution in [-0.2, 0) is 9.59 Å². The summed E-state index contributed by atoms with van der Waals surface area (Å²) < 4.78 is 0. The van der Waals surface area contributed by atoms with Gasteiger partial charge in [-0.3, -0.25) is 9.59 Å². The summed E-state index contributed by atoms with van der Waals surface area (Å²) in [7, 11) is 0. The van der Waals surface area contributed by atoms with Crippen molar-refractivity contribution in [2.24, 2.45) is 5.73 Å². The Bertz CT molecular complexity index is 466. The first kappa shape index (κ1) is 16.5. The summed E-state index contributed by atoms with van der Waals surface area (Å²) in [6.45, 7) is 2.46. The zero-order chi connectivity index (χ0) is 13.8. The monoisotopic (exact) mass is 297 g/mol. The van der Waals surface area contributed by atoms with E-state index in [9.17, 15) is 9.59 Å². The van der Waals surface area contributed by atoms with Crippen molar-refractivity contribution in [3.05, 3.63) is 35.4 Å². The Morgan fingerprint density at radius 1 is 1.40 bits per heavy atom. The minimum absolute atomic E-state index is 0. The quantitative estimate of drug-likeness (QED) is 0.772. The van der Waals surface area contributed by atoms with Crippen molar-refractivity contribution in [3.63, 3.8) is 0 Å². The third-order valence-electron chi connectivity index (χ3n) is 3.33. The molecule has 20 heavy (non-hydrogen) atoms. The highest BCUT2D eigenvalue weighted by atomic mass is 35.5. The molecule has 0 aliphatic carbocycles. The maximum absolute atomic E-state index is 12.0. The molecule has 1 aliphatic heterocycles. The van der Waals surface area contributed by atoms with Crippen LogP contribution in [0, 0.1) is 6.92 Å². The molecule has 2 rings (SSSR count). The van der Waals surface area contributed by atoms with Crippen molar-refractivity contribution in [1.29, 1.82) is 0 Å². The fraction of sp³-hybridized carbons (Fsp3) is 0.429. The minimum atomic E-state index is -0.668. The van der Waals surface area contributed by atoms with Gasteiger partial charge in [0, 0.05) is 19.0 Å².